The Morgan fingerprint density at radius 3 is 2.21 bits per heavy atom. The lowest BCUT2D eigenvalue weighted by atomic mass is 10.3. The molecule has 0 aromatic heterocycles. The lowest BCUT2D eigenvalue weighted by molar-refractivity contribution is 0.113. The second kappa shape index (κ2) is 9.88. The van der Waals surface area contributed by atoms with Gasteiger partial charge >= 0.3 is 8.56 Å². The normalized spacial score (nSPS) is 18.8. The number of rotatable bonds is 13. The Labute approximate surface area is 119 Å². The molecule has 0 saturated carbocycles. The largest absolute Gasteiger partial charge is 0.394 e. The number of ether oxygens (including phenoxy) is 2. The number of hydrogen-bond donors (Lipinski definition) is 0. The van der Waals surface area contributed by atoms with Gasteiger partial charge in [0.2, 0.25) is 0 Å². The van der Waals surface area contributed by atoms with Crippen molar-refractivity contribution in [1.82, 2.24) is 0 Å². The molecule has 0 aromatic carbocycles. The summed E-state index contributed by atoms with van der Waals surface area (Å²) in [5.74, 6) is 0. The fourth-order valence-corrected chi connectivity index (χ4v) is 4.39. The highest BCUT2D eigenvalue weighted by Gasteiger charge is 2.30. The summed E-state index contributed by atoms with van der Waals surface area (Å²) in [6, 6.07) is 1.07. The van der Waals surface area contributed by atoms with Crippen LogP contribution in [-0.4, -0.2) is 47.7 Å². The van der Waals surface area contributed by atoms with Crippen LogP contribution in [0.2, 0.25) is 12.6 Å². The average molecular weight is 290 g/mol. The molecular weight excluding hydrogens is 260 g/mol. The molecule has 0 amide bonds. The zero-order chi connectivity index (χ0) is 14.0. The molecule has 0 spiro atoms. The van der Waals surface area contributed by atoms with Crippen molar-refractivity contribution in [3.05, 3.63) is 0 Å². The van der Waals surface area contributed by atoms with Gasteiger partial charge in [-0.05, 0) is 38.3 Å². The zero-order valence-corrected chi connectivity index (χ0v) is 13.8. The van der Waals surface area contributed by atoms with E-state index < -0.39 is 8.56 Å². The van der Waals surface area contributed by atoms with Crippen LogP contribution in [0.1, 0.15) is 39.5 Å². The van der Waals surface area contributed by atoms with E-state index in [9.17, 15) is 0 Å². The van der Waals surface area contributed by atoms with Crippen LogP contribution in [0, 0.1) is 0 Å². The molecule has 1 saturated heterocycles. The Balaban J connectivity index is 2.07. The van der Waals surface area contributed by atoms with Gasteiger partial charge in [0.15, 0.2) is 0 Å². The third kappa shape index (κ3) is 8.76. The van der Waals surface area contributed by atoms with Gasteiger partial charge in [0.25, 0.3) is 0 Å². The Morgan fingerprint density at radius 2 is 1.68 bits per heavy atom. The van der Waals surface area contributed by atoms with E-state index in [1.807, 2.05) is 0 Å². The number of unbranched alkanes of at least 4 members (excludes halogenated alkanes) is 1. The van der Waals surface area contributed by atoms with Crippen molar-refractivity contribution in [3.63, 3.8) is 0 Å². The molecule has 0 aliphatic carbocycles. The van der Waals surface area contributed by atoms with E-state index in [2.05, 4.69) is 20.4 Å². The molecule has 5 heteroatoms. The first-order chi connectivity index (χ1) is 9.20. The smallest absolute Gasteiger partial charge is 0.334 e. The minimum atomic E-state index is -1.94. The van der Waals surface area contributed by atoms with Crippen LogP contribution in [0.15, 0.2) is 0 Å². The van der Waals surface area contributed by atoms with Crippen LogP contribution >= 0.6 is 0 Å². The third-order valence-corrected chi connectivity index (χ3v) is 5.99. The quantitative estimate of drug-likeness (QED) is 0.297. The van der Waals surface area contributed by atoms with Gasteiger partial charge in [-0.1, -0.05) is 13.8 Å². The van der Waals surface area contributed by atoms with Crippen molar-refractivity contribution in [3.8, 4) is 0 Å². The first kappa shape index (κ1) is 17.1. The van der Waals surface area contributed by atoms with E-state index in [4.69, 9.17) is 18.3 Å². The van der Waals surface area contributed by atoms with Gasteiger partial charge in [0.05, 0.1) is 13.2 Å². The van der Waals surface area contributed by atoms with Crippen LogP contribution in [0.5, 0.6) is 0 Å². The molecule has 0 N–H and O–H groups in total. The van der Waals surface area contributed by atoms with Gasteiger partial charge in [-0.25, -0.2) is 0 Å². The predicted octanol–water partition coefficient (Wildman–Crippen LogP) is 3.11. The summed E-state index contributed by atoms with van der Waals surface area (Å²) in [7, 11) is -1.94. The van der Waals surface area contributed by atoms with E-state index in [-0.39, 0.29) is 0 Å². The summed E-state index contributed by atoms with van der Waals surface area (Å²) >= 11 is 0. The second-order valence-corrected chi connectivity index (χ2v) is 8.66. The molecule has 0 bridgehead atoms. The topological polar surface area (TPSA) is 40.2 Å². The van der Waals surface area contributed by atoms with Crippen molar-refractivity contribution >= 4 is 8.56 Å². The molecule has 1 aliphatic heterocycles. The summed E-state index contributed by atoms with van der Waals surface area (Å²) in [4.78, 5) is 0. The molecule has 0 aromatic rings. The Hall–Kier alpha value is 0.0569. The summed E-state index contributed by atoms with van der Waals surface area (Å²) in [6.45, 7) is 10.6. The van der Waals surface area contributed by atoms with Gasteiger partial charge in [0, 0.05) is 19.8 Å². The molecule has 1 rings (SSSR count). The van der Waals surface area contributed by atoms with Crippen LogP contribution < -0.4 is 0 Å². The Morgan fingerprint density at radius 1 is 1.05 bits per heavy atom. The predicted molar refractivity (Wildman–Crippen MR) is 78.7 cm³/mol. The maximum Gasteiger partial charge on any atom is 0.334 e. The van der Waals surface area contributed by atoms with Gasteiger partial charge in [0.1, 0.15) is 6.10 Å². The summed E-state index contributed by atoms with van der Waals surface area (Å²) in [5.41, 5.74) is 0. The highest BCUT2D eigenvalue weighted by Crippen LogP contribution is 2.18. The molecule has 1 aliphatic rings. The third-order valence-electron chi connectivity index (χ3n) is 3.10. The number of epoxide rings is 1. The molecule has 114 valence electrons. The first-order valence-corrected chi connectivity index (χ1v) is 10.2. The summed E-state index contributed by atoms with van der Waals surface area (Å²) < 4.78 is 22.6. The number of hydrogen-bond acceptors (Lipinski definition) is 4. The molecule has 1 heterocycles. The van der Waals surface area contributed by atoms with Crippen molar-refractivity contribution in [2.24, 2.45) is 0 Å². The van der Waals surface area contributed by atoms with Crippen LogP contribution in [0.25, 0.3) is 0 Å². The van der Waals surface area contributed by atoms with E-state index >= 15 is 0 Å². The summed E-state index contributed by atoms with van der Waals surface area (Å²) in [5, 5.41) is 0. The minimum absolute atomic E-state index is 0.375. The van der Waals surface area contributed by atoms with E-state index in [1.54, 1.807) is 0 Å². The molecule has 1 fully saturated rings. The second-order valence-electron chi connectivity index (χ2n) is 5.32. The van der Waals surface area contributed by atoms with Gasteiger partial charge in [-0.3, -0.25) is 0 Å². The van der Waals surface area contributed by atoms with Gasteiger partial charge in [-0.2, -0.15) is 0 Å². The molecule has 4 nitrogen and oxygen atoms in total. The van der Waals surface area contributed by atoms with Gasteiger partial charge in [-0.15, -0.1) is 0 Å². The standard InChI is InChI=1S/C14H30O4Si/c1-4-8-17-19(3,18-9-5-2)11-7-6-10-15-12-14-13-16-14/h14H,4-13H2,1-3H3. The monoisotopic (exact) mass is 290 g/mol. The fourth-order valence-electron chi connectivity index (χ4n) is 1.85. The fraction of sp³-hybridized carbons (Fsp3) is 1.00. The lowest BCUT2D eigenvalue weighted by Gasteiger charge is -2.27. The molecule has 19 heavy (non-hydrogen) atoms. The molecular formula is C14H30O4Si. The zero-order valence-electron chi connectivity index (χ0n) is 12.8. The SMILES string of the molecule is CCCO[Si](C)(CCCCOCC1CO1)OCCC. The molecule has 1 atom stereocenters. The molecule has 0 radical (unpaired) electrons. The van der Waals surface area contributed by atoms with Crippen molar-refractivity contribution in [1.29, 1.82) is 0 Å². The van der Waals surface area contributed by atoms with E-state index in [0.717, 1.165) is 64.8 Å². The maximum absolute atomic E-state index is 5.99. The highest BCUT2D eigenvalue weighted by atomic mass is 28.4. The van der Waals surface area contributed by atoms with E-state index in [1.165, 1.54) is 0 Å². The lowest BCUT2D eigenvalue weighted by Crippen LogP contribution is -2.39. The highest BCUT2D eigenvalue weighted by molar-refractivity contribution is 6.66. The summed E-state index contributed by atoms with van der Waals surface area (Å²) in [6.07, 6.45) is 4.70. The van der Waals surface area contributed by atoms with Crippen molar-refractivity contribution in [2.45, 2.75) is 58.2 Å². The van der Waals surface area contributed by atoms with Crippen molar-refractivity contribution < 1.29 is 18.3 Å². The Kier molecular flexibility index (Phi) is 8.90. The van der Waals surface area contributed by atoms with Gasteiger partial charge < -0.3 is 18.3 Å². The first-order valence-electron chi connectivity index (χ1n) is 7.67. The maximum atomic E-state index is 5.99. The molecule has 1 unspecified atom stereocenters. The van der Waals surface area contributed by atoms with Crippen LogP contribution in [-0.2, 0) is 18.3 Å². The van der Waals surface area contributed by atoms with E-state index in [0.29, 0.717) is 6.10 Å². The average Bonchev–Trinajstić information content (AvgIpc) is 3.22. The minimum Gasteiger partial charge on any atom is -0.394 e. The van der Waals surface area contributed by atoms with Crippen molar-refractivity contribution in [2.75, 3.05) is 33.0 Å². The van der Waals surface area contributed by atoms with Crippen LogP contribution in [0.4, 0.5) is 0 Å². The Bertz CT molecular complexity index is 213. The van der Waals surface area contributed by atoms with Crippen LogP contribution in [0.3, 0.4) is 0 Å².